The summed E-state index contributed by atoms with van der Waals surface area (Å²) in [6.45, 7) is 3.85. The molecule has 1 heterocycles. The number of nitrogens with two attached hydrogens (primary N) is 1. The third-order valence-corrected chi connectivity index (χ3v) is 3.39. The molecule has 7 heteroatoms. The zero-order valence-electron chi connectivity index (χ0n) is 11.9. The molecule has 7 nitrogen and oxygen atoms in total. The molecule has 114 valence electrons. The number of anilines is 1. The van der Waals surface area contributed by atoms with Gasteiger partial charge in [-0.05, 0) is 19.9 Å². The molecule has 1 aliphatic rings. The van der Waals surface area contributed by atoms with Gasteiger partial charge in [-0.15, -0.1) is 0 Å². The third-order valence-electron chi connectivity index (χ3n) is 3.39. The van der Waals surface area contributed by atoms with Gasteiger partial charge in [0.1, 0.15) is 6.10 Å². The highest BCUT2D eigenvalue weighted by atomic mass is 16.6. The maximum atomic E-state index is 12.1. The van der Waals surface area contributed by atoms with E-state index >= 15 is 0 Å². The quantitative estimate of drug-likeness (QED) is 0.397. The van der Waals surface area contributed by atoms with Crippen molar-refractivity contribution >= 4 is 17.3 Å². The Morgan fingerprint density at radius 2 is 2.00 bits per heavy atom. The minimum Gasteiger partial charge on any atom is -0.459 e. The Morgan fingerprint density at radius 3 is 2.52 bits per heavy atom. The Morgan fingerprint density at radius 1 is 1.38 bits per heavy atom. The average molecular weight is 294 g/mol. The van der Waals surface area contributed by atoms with Gasteiger partial charge < -0.3 is 15.2 Å². The fourth-order valence-electron chi connectivity index (χ4n) is 2.51. The highest BCUT2D eigenvalue weighted by Crippen LogP contribution is 2.25. The van der Waals surface area contributed by atoms with E-state index < -0.39 is 10.9 Å². The fraction of sp³-hybridized carbons (Fsp3) is 0.500. The molecule has 1 aromatic carbocycles. The molecule has 1 saturated heterocycles. The first-order chi connectivity index (χ1) is 9.86. The maximum Gasteiger partial charge on any atom is 0.340 e. The van der Waals surface area contributed by atoms with Crippen molar-refractivity contribution in [2.75, 3.05) is 5.73 Å². The third kappa shape index (κ3) is 3.69. The number of carbonyl (C=O) groups excluding carboxylic acids is 1. The lowest BCUT2D eigenvalue weighted by Crippen LogP contribution is -2.35. The summed E-state index contributed by atoms with van der Waals surface area (Å²) >= 11 is 0. The molecule has 0 spiro atoms. The van der Waals surface area contributed by atoms with E-state index in [0.29, 0.717) is 12.8 Å². The van der Waals surface area contributed by atoms with Crippen molar-refractivity contribution in [3.05, 3.63) is 33.9 Å². The molecule has 0 radical (unpaired) electrons. The molecule has 2 atom stereocenters. The summed E-state index contributed by atoms with van der Waals surface area (Å²) in [7, 11) is 0. The van der Waals surface area contributed by atoms with Gasteiger partial charge in [0.2, 0.25) is 0 Å². The minimum absolute atomic E-state index is 0.0285. The van der Waals surface area contributed by atoms with Crippen LogP contribution in [0.4, 0.5) is 11.4 Å². The van der Waals surface area contributed by atoms with Gasteiger partial charge in [-0.1, -0.05) is 0 Å². The van der Waals surface area contributed by atoms with E-state index in [2.05, 4.69) is 0 Å². The lowest BCUT2D eigenvalue weighted by molar-refractivity contribution is -0.384. The number of esters is 1. The van der Waals surface area contributed by atoms with E-state index in [9.17, 15) is 14.9 Å². The summed E-state index contributed by atoms with van der Waals surface area (Å²) in [6.07, 6.45) is 1.08. The summed E-state index contributed by atoms with van der Waals surface area (Å²) < 4.78 is 11.0. The van der Waals surface area contributed by atoms with Crippen LogP contribution < -0.4 is 5.73 Å². The van der Waals surface area contributed by atoms with Crippen LogP contribution in [0.1, 0.15) is 37.0 Å². The molecule has 2 N–H and O–H groups in total. The Kier molecular flexibility index (Phi) is 4.42. The molecule has 0 saturated carbocycles. The van der Waals surface area contributed by atoms with Gasteiger partial charge in [-0.3, -0.25) is 10.1 Å². The minimum atomic E-state index is -0.562. The Balaban J connectivity index is 2.08. The molecule has 1 aliphatic heterocycles. The van der Waals surface area contributed by atoms with Crippen molar-refractivity contribution in [3.63, 3.8) is 0 Å². The van der Waals surface area contributed by atoms with Gasteiger partial charge in [0.05, 0.1) is 28.4 Å². The van der Waals surface area contributed by atoms with Crippen LogP contribution >= 0.6 is 0 Å². The van der Waals surface area contributed by atoms with E-state index in [0.717, 1.165) is 6.07 Å². The zero-order valence-corrected chi connectivity index (χ0v) is 11.9. The standard InChI is InChI=1S/C14H18N2O5/c1-8-5-11(6-9(2)20-8)21-14(17)12-4-3-10(16(18)19)7-13(12)15/h3-4,7-9,11H,5-6,15H2,1-2H3. The van der Waals surface area contributed by atoms with Gasteiger partial charge in [0.15, 0.2) is 0 Å². The SMILES string of the molecule is CC1CC(OC(=O)c2ccc([N+](=O)[O-])cc2N)CC(C)O1. The first kappa shape index (κ1) is 15.2. The van der Waals surface area contributed by atoms with E-state index in [4.69, 9.17) is 15.2 Å². The average Bonchev–Trinajstić information content (AvgIpc) is 2.36. The van der Waals surface area contributed by atoms with Crippen LogP contribution in [-0.2, 0) is 9.47 Å². The number of nitrogen functional groups attached to an aromatic ring is 1. The number of ether oxygens (including phenoxy) is 2. The van der Waals surface area contributed by atoms with Crippen molar-refractivity contribution in [1.29, 1.82) is 0 Å². The van der Waals surface area contributed by atoms with Crippen molar-refractivity contribution in [1.82, 2.24) is 0 Å². The lowest BCUT2D eigenvalue weighted by Gasteiger charge is -2.31. The summed E-state index contributed by atoms with van der Waals surface area (Å²) in [5.41, 5.74) is 5.72. The predicted octanol–water partition coefficient (Wildman–Crippen LogP) is 2.29. The molecule has 1 fully saturated rings. The molecule has 2 unspecified atom stereocenters. The number of nitro benzene ring substituents is 1. The molecule has 0 amide bonds. The molecular weight excluding hydrogens is 276 g/mol. The Hall–Kier alpha value is -2.15. The van der Waals surface area contributed by atoms with Crippen LogP contribution in [0.15, 0.2) is 18.2 Å². The number of carbonyl (C=O) groups is 1. The Bertz CT molecular complexity index is 550. The summed E-state index contributed by atoms with van der Waals surface area (Å²) in [4.78, 5) is 22.2. The van der Waals surface area contributed by atoms with E-state index in [1.807, 2.05) is 13.8 Å². The van der Waals surface area contributed by atoms with E-state index in [-0.39, 0.29) is 35.3 Å². The fourth-order valence-corrected chi connectivity index (χ4v) is 2.51. The number of nitro groups is 1. The summed E-state index contributed by atoms with van der Waals surface area (Å²) in [5, 5.41) is 10.6. The van der Waals surface area contributed by atoms with Gasteiger partial charge in [-0.25, -0.2) is 4.79 Å². The zero-order chi connectivity index (χ0) is 15.6. The Labute approximate surface area is 122 Å². The second-order valence-corrected chi connectivity index (χ2v) is 5.28. The maximum absolute atomic E-state index is 12.1. The topological polar surface area (TPSA) is 105 Å². The molecule has 0 aliphatic carbocycles. The van der Waals surface area contributed by atoms with Gasteiger partial charge in [0, 0.05) is 25.0 Å². The monoisotopic (exact) mass is 294 g/mol. The van der Waals surface area contributed by atoms with Crippen LogP contribution in [0.5, 0.6) is 0 Å². The van der Waals surface area contributed by atoms with Crippen molar-refractivity contribution in [2.24, 2.45) is 0 Å². The molecule has 0 aromatic heterocycles. The van der Waals surface area contributed by atoms with Crippen LogP contribution in [0.3, 0.4) is 0 Å². The number of hydrogen-bond acceptors (Lipinski definition) is 6. The molecular formula is C14H18N2O5. The van der Waals surface area contributed by atoms with Crippen LogP contribution in [-0.4, -0.2) is 29.2 Å². The van der Waals surface area contributed by atoms with Crippen LogP contribution in [0, 0.1) is 10.1 Å². The largest absolute Gasteiger partial charge is 0.459 e. The van der Waals surface area contributed by atoms with Gasteiger partial charge >= 0.3 is 5.97 Å². The smallest absolute Gasteiger partial charge is 0.340 e. The van der Waals surface area contributed by atoms with Crippen molar-refractivity contribution in [2.45, 2.75) is 45.0 Å². The molecule has 21 heavy (non-hydrogen) atoms. The van der Waals surface area contributed by atoms with Crippen LogP contribution in [0.2, 0.25) is 0 Å². The molecule has 0 bridgehead atoms. The normalized spacial score (nSPS) is 25.3. The van der Waals surface area contributed by atoms with Gasteiger partial charge in [0.25, 0.3) is 5.69 Å². The van der Waals surface area contributed by atoms with Crippen LogP contribution in [0.25, 0.3) is 0 Å². The highest BCUT2D eigenvalue weighted by molar-refractivity contribution is 5.95. The highest BCUT2D eigenvalue weighted by Gasteiger charge is 2.28. The second kappa shape index (κ2) is 6.09. The number of hydrogen-bond donors (Lipinski definition) is 1. The van der Waals surface area contributed by atoms with Crippen molar-refractivity contribution in [3.8, 4) is 0 Å². The predicted molar refractivity (Wildman–Crippen MR) is 76.0 cm³/mol. The van der Waals surface area contributed by atoms with E-state index in [1.165, 1.54) is 12.1 Å². The lowest BCUT2D eigenvalue weighted by atomic mass is 10.0. The molecule has 1 aromatic rings. The first-order valence-corrected chi connectivity index (χ1v) is 6.77. The second-order valence-electron chi connectivity index (χ2n) is 5.28. The summed E-state index contributed by atoms with van der Waals surface area (Å²) in [6, 6.07) is 3.72. The number of benzene rings is 1. The number of non-ortho nitro benzene ring substituents is 1. The number of nitrogens with zero attached hydrogens (tertiary/aromatic N) is 1. The van der Waals surface area contributed by atoms with Gasteiger partial charge in [-0.2, -0.15) is 0 Å². The van der Waals surface area contributed by atoms with Crippen molar-refractivity contribution < 1.29 is 19.2 Å². The van der Waals surface area contributed by atoms with E-state index in [1.54, 1.807) is 0 Å². The number of rotatable bonds is 3. The first-order valence-electron chi connectivity index (χ1n) is 6.77. The summed E-state index contributed by atoms with van der Waals surface area (Å²) in [5.74, 6) is -0.561. The molecule has 2 rings (SSSR count).